The van der Waals surface area contributed by atoms with E-state index in [1.165, 1.54) is 5.57 Å². The molecule has 0 N–H and O–H groups in total. The monoisotopic (exact) mass is 148 g/mol. The SMILES string of the molecule is CC1=CC2OC=CC2C=CC1. The predicted octanol–water partition coefficient (Wildman–Crippen LogP) is 2.42. The van der Waals surface area contributed by atoms with Gasteiger partial charge in [0.25, 0.3) is 0 Å². The summed E-state index contributed by atoms with van der Waals surface area (Å²) in [6, 6.07) is 0. The lowest BCUT2D eigenvalue weighted by molar-refractivity contribution is 0.193. The first kappa shape index (κ1) is 6.71. The molecule has 0 spiro atoms. The normalized spacial score (nSPS) is 34.1. The van der Waals surface area contributed by atoms with Crippen molar-refractivity contribution in [2.45, 2.75) is 19.4 Å². The van der Waals surface area contributed by atoms with E-state index in [9.17, 15) is 0 Å². The molecule has 0 bridgehead atoms. The van der Waals surface area contributed by atoms with Gasteiger partial charge in [0.2, 0.25) is 0 Å². The van der Waals surface area contributed by atoms with E-state index in [0.29, 0.717) is 5.92 Å². The van der Waals surface area contributed by atoms with Crippen LogP contribution < -0.4 is 0 Å². The fourth-order valence-electron chi connectivity index (χ4n) is 1.51. The van der Waals surface area contributed by atoms with Crippen molar-refractivity contribution >= 4 is 0 Å². The van der Waals surface area contributed by atoms with Crippen molar-refractivity contribution in [1.82, 2.24) is 0 Å². The third kappa shape index (κ3) is 1.23. The molecule has 0 fully saturated rings. The zero-order valence-electron chi connectivity index (χ0n) is 6.66. The van der Waals surface area contributed by atoms with Gasteiger partial charge in [0.05, 0.1) is 6.26 Å². The van der Waals surface area contributed by atoms with Crippen LogP contribution in [0.4, 0.5) is 0 Å². The van der Waals surface area contributed by atoms with Crippen molar-refractivity contribution in [2.75, 3.05) is 0 Å². The molecule has 2 rings (SSSR count). The van der Waals surface area contributed by atoms with E-state index in [1.54, 1.807) is 6.26 Å². The number of hydrogen-bond acceptors (Lipinski definition) is 1. The maximum atomic E-state index is 5.40. The Labute approximate surface area is 67.1 Å². The number of rotatable bonds is 0. The largest absolute Gasteiger partial charge is 0.493 e. The average Bonchev–Trinajstić information content (AvgIpc) is 2.31. The third-order valence-corrected chi connectivity index (χ3v) is 2.16. The Hall–Kier alpha value is -0.980. The van der Waals surface area contributed by atoms with Crippen LogP contribution in [-0.2, 0) is 4.74 Å². The van der Waals surface area contributed by atoms with Gasteiger partial charge in [0.15, 0.2) is 0 Å². The molecular formula is C10H12O. The smallest absolute Gasteiger partial charge is 0.126 e. The summed E-state index contributed by atoms with van der Waals surface area (Å²) in [5.41, 5.74) is 1.40. The van der Waals surface area contributed by atoms with Crippen molar-refractivity contribution in [3.05, 3.63) is 36.1 Å². The fourth-order valence-corrected chi connectivity index (χ4v) is 1.51. The van der Waals surface area contributed by atoms with Crippen molar-refractivity contribution < 1.29 is 4.74 Å². The molecular weight excluding hydrogens is 136 g/mol. The number of allylic oxidation sites excluding steroid dienone is 2. The van der Waals surface area contributed by atoms with Crippen molar-refractivity contribution in [3.63, 3.8) is 0 Å². The van der Waals surface area contributed by atoms with E-state index < -0.39 is 0 Å². The van der Waals surface area contributed by atoms with Gasteiger partial charge >= 0.3 is 0 Å². The second-order valence-electron chi connectivity index (χ2n) is 3.15. The molecule has 2 atom stereocenters. The van der Waals surface area contributed by atoms with Gasteiger partial charge in [0.1, 0.15) is 6.10 Å². The minimum absolute atomic E-state index is 0.272. The summed E-state index contributed by atoms with van der Waals surface area (Å²) >= 11 is 0. The summed E-state index contributed by atoms with van der Waals surface area (Å²) in [4.78, 5) is 0. The van der Waals surface area contributed by atoms with Crippen LogP contribution in [-0.4, -0.2) is 6.10 Å². The third-order valence-electron chi connectivity index (χ3n) is 2.16. The van der Waals surface area contributed by atoms with Gasteiger partial charge in [-0.2, -0.15) is 0 Å². The predicted molar refractivity (Wildman–Crippen MR) is 45.0 cm³/mol. The maximum absolute atomic E-state index is 5.40. The summed E-state index contributed by atoms with van der Waals surface area (Å²) in [5.74, 6) is 0.479. The highest BCUT2D eigenvalue weighted by molar-refractivity contribution is 5.20. The van der Waals surface area contributed by atoms with Crippen LogP contribution in [0.1, 0.15) is 13.3 Å². The fraction of sp³-hybridized carbons (Fsp3) is 0.400. The van der Waals surface area contributed by atoms with Crippen LogP contribution in [0.2, 0.25) is 0 Å². The molecule has 11 heavy (non-hydrogen) atoms. The summed E-state index contributed by atoms with van der Waals surface area (Å²) in [6.07, 6.45) is 11.9. The first-order valence-electron chi connectivity index (χ1n) is 4.02. The van der Waals surface area contributed by atoms with E-state index in [-0.39, 0.29) is 6.10 Å². The lowest BCUT2D eigenvalue weighted by Gasteiger charge is -2.09. The van der Waals surface area contributed by atoms with Crippen LogP contribution in [0.25, 0.3) is 0 Å². The van der Waals surface area contributed by atoms with Gasteiger partial charge in [0, 0.05) is 5.92 Å². The van der Waals surface area contributed by atoms with Gasteiger partial charge in [-0.25, -0.2) is 0 Å². The second-order valence-corrected chi connectivity index (χ2v) is 3.15. The first-order chi connectivity index (χ1) is 5.36. The van der Waals surface area contributed by atoms with Crippen molar-refractivity contribution in [2.24, 2.45) is 5.92 Å². The summed E-state index contributed by atoms with van der Waals surface area (Å²) in [5, 5.41) is 0. The van der Waals surface area contributed by atoms with E-state index in [1.807, 2.05) is 0 Å². The van der Waals surface area contributed by atoms with Gasteiger partial charge in [-0.05, 0) is 25.5 Å². The highest BCUT2D eigenvalue weighted by Crippen LogP contribution is 2.24. The van der Waals surface area contributed by atoms with E-state index in [4.69, 9.17) is 4.74 Å². The Kier molecular flexibility index (Phi) is 1.57. The molecule has 0 saturated carbocycles. The van der Waals surface area contributed by atoms with E-state index >= 15 is 0 Å². The highest BCUT2D eigenvalue weighted by atomic mass is 16.5. The Bertz CT molecular complexity index is 235. The molecule has 1 aliphatic carbocycles. The Morgan fingerprint density at radius 1 is 1.45 bits per heavy atom. The summed E-state index contributed by atoms with van der Waals surface area (Å²) in [6.45, 7) is 2.15. The van der Waals surface area contributed by atoms with Crippen LogP contribution in [0.3, 0.4) is 0 Å². The lowest BCUT2D eigenvalue weighted by atomic mass is 10.0. The van der Waals surface area contributed by atoms with E-state index in [0.717, 1.165) is 6.42 Å². The quantitative estimate of drug-likeness (QED) is 0.479. The van der Waals surface area contributed by atoms with Crippen LogP contribution in [0.15, 0.2) is 36.1 Å². The average molecular weight is 148 g/mol. The second kappa shape index (κ2) is 2.57. The zero-order valence-corrected chi connectivity index (χ0v) is 6.66. The molecule has 1 heteroatoms. The standard InChI is InChI=1S/C10H12O/c1-8-3-2-4-9-5-6-11-10(9)7-8/h2,4-7,9-10H,3H2,1H3. The molecule has 58 valence electrons. The van der Waals surface area contributed by atoms with E-state index in [2.05, 4.69) is 31.2 Å². The Balaban J connectivity index is 2.25. The molecule has 0 aromatic carbocycles. The molecule has 1 aliphatic heterocycles. The summed E-state index contributed by atoms with van der Waals surface area (Å²) in [7, 11) is 0. The molecule has 0 aromatic rings. The number of ether oxygens (including phenoxy) is 1. The highest BCUT2D eigenvalue weighted by Gasteiger charge is 2.20. The minimum atomic E-state index is 0.272. The minimum Gasteiger partial charge on any atom is -0.493 e. The number of hydrogen-bond donors (Lipinski definition) is 0. The Morgan fingerprint density at radius 3 is 3.27 bits per heavy atom. The molecule has 0 amide bonds. The molecule has 1 heterocycles. The molecule has 0 saturated heterocycles. The van der Waals surface area contributed by atoms with Crippen LogP contribution in [0.5, 0.6) is 0 Å². The van der Waals surface area contributed by atoms with Crippen molar-refractivity contribution in [1.29, 1.82) is 0 Å². The van der Waals surface area contributed by atoms with Gasteiger partial charge in [-0.1, -0.05) is 17.7 Å². The molecule has 0 radical (unpaired) electrons. The molecule has 2 unspecified atom stereocenters. The van der Waals surface area contributed by atoms with Gasteiger partial charge < -0.3 is 4.74 Å². The number of fused-ring (bicyclic) bond motifs is 1. The topological polar surface area (TPSA) is 9.23 Å². The van der Waals surface area contributed by atoms with Crippen LogP contribution >= 0.6 is 0 Å². The lowest BCUT2D eigenvalue weighted by Crippen LogP contribution is -2.10. The zero-order chi connectivity index (χ0) is 7.68. The molecule has 1 nitrogen and oxygen atoms in total. The Morgan fingerprint density at radius 2 is 2.36 bits per heavy atom. The first-order valence-corrected chi connectivity index (χ1v) is 4.02. The summed E-state index contributed by atoms with van der Waals surface area (Å²) < 4.78 is 5.40. The van der Waals surface area contributed by atoms with Crippen molar-refractivity contribution in [3.8, 4) is 0 Å². The van der Waals surface area contributed by atoms with Gasteiger partial charge in [-0.3, -0.25) is 0 Å². The maximum Gasteiger partial charge on any atom is 0.126 e. The van der Waals surface area contributed by atoms with Gasteiger partial charge in [-0.15, -0.1) is 0 Å². The molecule has 2 aliphatic rings. The molecule has 0 aromatic heterocycles. The van der Waals surface area contributed by atoms with Crippen LogP contribution in [0, 0.1) is 5.92 Å².